The molecule has 40 heavy (non-hydrogen) atoms. The van der Waals surface area contributed by atoms with E-state index in [1.165, 1.54) is 12.1 Å². The largest absolute Gasteiger partial charge is 0.492 e. The second-order valence-electron chi connectivity index (χ2n) is 10.3. The molecule has 0 aliphatic heterocycles. The Morgan fingerprint density at radius 2 is 1.80 bits per heavy atom. The molecule has 4 aromatic rings. The van der Waals surface area contributed by atoms with Gasteiger partial charge in [0.1, 0.15) is 24.2 Å². The van der Waals surface area contributed by atoms with Crippen molar-refractivity contribution in [3.8, 4) is 5.75 Å². The molecule has 1 unspecified atom stereocenters. The van der Waals surface area contributed by atoms with Crippen molar-refractivity contribution in [2.45, 2.75) is 57.5 Å². The van der Waals surface area contributed by atoms with Crippen LogP contribution >= 0.6 is 0 Å². The van der Waals surface area contributed by atoms with Gasteiger partial charge in [0.05, 0.1) is 6.54 Å². The molecule has 208 valence electrons. The fourth-order valence-corrected chi connectivity index (χ4v) is 5.97. The Morgan fingerprint density at radius 1 is 1.07 bits per heavy atom. The summed E-state index contributed by atoms with van der Waals surface area (Å²) in [5, 5.41) is 10.7. The second-order valence-corrected chi connectivity index (χ2v) is 10.3. The van der Waals surface area contributed by atoms with Crippen molar-refractivity contribution in [3.63, 3.8) is 0 Å². The first kappa shape index (κ1) is 27.4. The van der Waals surface area contributed by atoms with Crippen LogP contribution in [-0.2, 0) is 28.9 Å². The van der Waals surface area contributed by atoms with Gasteiger partial charge in [0.2, 0.25) is 5.91 Å². The zero-order chi connectivity index (χ0) is 28.1. The molecule has 0 saturated heterocycles. The summed E-state index contributed by atoms with van der Waals surface area (Å²) in [5.41, 5.74) is 3.72. The molecule has 3 aromatic carbocycles. The minimum Gasteiger partial charge on any atom is -0.492 e. The number of hydrogen-bond donors (Lipinski definition) is 1. The highest BCUT2D eigenvalue weighted by Gasteiger charge is 2.33. The van der Waals surface area contributed by atoms with E-state index in [0.717, 1.165) is 33.5 Å². The summed E-state index contributed by atoms with van der Waals surface area (Å²) in [7, 11) is 0. The molecule has 0 bridgehead atoms. The van der Waals surface area contributed by atoms with Gasteiger partial charge in [-0.1, -0.05) is 55.5 Å². The Morgan fingerprint density at radius 3 is 2.50 bits per heavy atom. The number of amides is 1. The first-order chi connectivity index (χ1) is 19.5. The van der Waals surface area contributed by atoms with Crippen LogP contribution in [0.25, 0.3) is 10.9 Å². The lowest BCUT2D eigenvalue weighted by Gasteiger charge is -2.35. The summed E-state index contributed by atoms with van der Waals surface area (Å²) in [4.78, 5) is 27.7. The number of carbonyl (C=O) groups excluding carboxylic acids is 1. The van der Waals surface area contributed by atoms with Crippen molar-refractivity contribution >= 4 is 22.8 Å². The van der Waals surface area contributed by atoms with E-state index >= 15 is 0 Å². The Labute approximate surface area is 234 Å². The number of carbonyl (C=O) groups is 2. The highest BCUT2D eigenvalue weighted by Crippen LogP contribution is 2.37. The monoisotopic (exact) mass is 542 g/mol. The number of aryl methyl sites for hydroxylation is 1. The van der Waals surface area contributed by atoms with E-state index in [1.54, 1.807) is 6.07 Å². The molecule has 1 aliphatic rings. The minimum absolute atomic E-state index is 0.0563. The number of para-hydroxylation sites is 1. The molecule has 1 amide bonds. The lowest BCUT2D eigenvalue weighted by atomic mass is 9.89. The number of ether oxygens (including phenoxy) is 1. The van der Waals surface area contributed by atoms with E-state index in [2.05, 4.69) is 0 Å². The van der Waals surface area contributed by atoms with Crippen molar-refractivity contribution < 1.29 is 23.8 Å². The summed E-state index contributed by atoms with van der Waals surface area (Å²) in [6, 6.07) is 23.3. The molecular formula is C33H35FN2O4. The minimum atomic E-state index is -0.899. The van der Waals surface area contributed by atoms with Crippen molar-refractivity contribution in [1.29, 1.82) is 0 Å². The van der Waals surface area contributed by atoms with Crippen LogP contribution in [0.2, 0.25) is 0 Å². The lowest BCUT2D eigenvalue weighted by Crippen LogP contribution is -2.45. The molecule has 7 heteroatoms. The Kier molecular flexibility index (Phi) is 8.48. The van der Waals surface area contributed by atoms with Crippen molar-refractivity contribution in [2.24, 2.45) is 0 Å². The molecule has 5 rings (SSSR count). The standard InChI is InChI=1S/C33H35FN2O4/c1-2-29(33(38)39)36-30-16-14-24(34)21-27(30)28-22-25(15-17-31(28)36)35(19-20-40-26-11-7-4-8-12-26)32(37)18-13-23-9-5-3-6-10-23/h3-12,14,16,21,25,29H,2,13,15,17-20,22H2,1H3,(H,38,39)/t25-,29?/m0/s1. The quantitative estimate of drug-likeness (QED) is 0.245. The molecule has 2 atom stereocenters. The van der Waals surface area contributed by atoms with E-state index in [0.29, 0.717) is 51.7 Å². The molecule has 1 heterocycles. The smallest absolute Gasteiger partial charge is 0.326 e. The highest BCUT2D eigenvalue weighted by molar-refractivity contribution is 5.88. The van der Waals surface area contributed by atoms with Gasteiger partial charge in [0.15, 0.2) is 0 Å². The summed E-state index contributed by atoms with van der Waals surface area (Å²) in [6.45, 7) is 2.64. The van der Waals surface area contributed by atoms with Crippen LogP contribution in [0.3, 0.4) is 0 Å². The number of aromatic nitrogens is 1. The van der Waals surface area contributed by atoms with Crippen LogP contribution in [-0.4, -0.2) is 45.6 Å². The number of rotatable bonds is 11. The van der Waals surface area contributed by atoms with E-state index in [-0.39, 0.29) is 17.8 Å². The van der Waals surface area contributed by atoms with E-state index in [4.69, 9.17) is 4.74 Å². The van der Waals surface area contributed by atoms with Gasteiger partial charge in [0, 0.05) is 29.1 Å². The van der Waals surface area contributed by atoms with Crippen LogP contribution in [0.5, 0.6) is 5.75 Å². The van der Waals surface area contributed by atoms with Gasteiger partial charge >= 0.3 is 5.97 Å². The molecule has 0 saturated carbocycles. The van der Waals surface area contributed by atoms with Gasteiger partial charge in [-0.25, -0.2) is 9.18 Å². The number of nitrogens with zero attached hydrogens (tertiary/aromatic N) is 2. The number of carboxylic acid groups (broad SMARTS) is 1. The predicted octanol–water partition coefficient (Wildman–Crippen LogP) is 6.21. The molecule has 6 nitrogen and oxygen atoms in total. The molecule has 0 fully saturated rings. The maximum absolute atomic E-state index is 14.4. The molecule has 1 aliphatic carbocycles. The number of halogens is 1. The molecule has 1 aromatic heterocycles. The molecule has 1 N–H and O–H groups in total. The van der Waals surface area contributed by atoms with Crippen LogP contribution in [0, 0.1) is 5.82 Å². The summed E-state index contributed by atoms with van der Waals surface area (Å²) >= 11 is 0. The fourth-order valence-electron chi connectivity index (χ4n) is 5.97. The Hall–Kier alpha value is -4.13. The lowest BCUT2D eigenvalue weighted by molar-refractivity contribution is -0.141. The average molecular weight is 543 g/mol. The van der Waals surface area contributed by atoms with E-state index in [9.17, 15) is 19.1 Å². The zero-order valence-electron chi connectivity index (χ0n) is 22.8. The SMILES string of the molecule is CCC(C(=O)O)n1c2c(c3cc(F)ccc31)C[C@@H](N(CCOc1ccccc1)C(=O)CCc1ccccc1)CC2. The van der Waals surface area contributed by atoms with Gasteiger partial charge in [-0.2, -0.15) is 0 Å². The number of benzene rings is 3. The summed E-state index contributed by atoms with van der Waals surface area (Å²) < 4.78 is 22.3. The van der Waals surface area contributed by atoms with Crippen molar-refractivity contribution in [3.05, 3.63) is 102 Å². The van der Waals surface area contributed by atoms with Gasteiger partial charge in [-0.05, 0) is 73.6 Å². The predicted molar refractivity (Wildman–Crippen MR) is 153 cm³/mol. The highest BCUT2D eigenvalue weighted by atomic mass is 19.1. The van der Waals surface area contributed by atoms with Crippen LogP contribution in [0.4, 0.5) is 4.39 Å². The fraction of sp³-hybridized carbons (Fsp3) is 0.333. The van der Waals surface area contributed by atoms with Gasteiger partial charge < -0.3 is 19.3 Å². The zero-order valence-corrected chi connectivity index (χ0v) is 22.8. The maximum atomic E-state index is 14.4. The molecular weight excluding hydrogens is 507 g/mol. The van der Waals surface area contributed by atoms with E-state index in [1.807, 2.05) is 77.1 Å². The molecule has 0 spiro atoms. The Bertz CT molecular complexity index is 1470. The van der Waals surface area contributed by atoms with Crippen LogP contribution in [0.15, 0.2) is 78.9 Å². The number of fused-ring (bicyclic) bond motifs is 3. The van der Waals surface area contributed by atoms with E-state index < -0.39 is 12.0 Å². The number of hydrogen-bond acceptors (Lipinski definition) is 3. The second kappa shape index (κ2) is 12.4. The normalized spacial score (nSPS) is 15.4. The van der Waals surface area contributed by atoms with Crippen LogP contribution < -0.4 is 4.74 Å². The topological polar surface area (TPSA) is 71.8 Å². The van der Waals surface area contributed by atoms with Crippen LogP contribution in [0.1, 0.15) is 49.0 Å². The summed E-state index contributed by atoms with van der Waals surface area (Å²) in [6.07, 6.45) is 3.31. The van der Waals surface area contributed by atoms with Gasteiger partial charge in [0.25, 0.3) is 0 Å². The van der Waals surface area contributed by atoms with Crippen molar-refractivity contribution in [2.75, 3.05) is 13.2 Å². The molecule has 0 radical (unpaired) electrons. The van der Waals surface area contributed by atoms with Crippen molar-refractivity contribution in [1.82, 2.24) is 9.47 Å². The number of aliphatic carboxylic acids is 1. The van der Waals surface area contributed by atoms with Gasteiger partial charge in [-0.15, -0.1) is 0 Å². The van der Waals surface area contributed by atoms with Gasteiger partial charge in [-0.3, -0.25) is 4.79 Å². The third-order valence-electron chi connectivity index (χ3n) is 7.90. The third-order valence-corrected chi connectivity index (χ3v) is 7.90. The average Bonchev–Trinajstić information content (AvgIpc) is 3.28. The number of carboxylic acids is 1. The Balaban J connectivity index is 1.43. The third kappa shape index (κ3) is 5.88. The first-order valence-corrected chi connectivity index (χ1v) is 14.0. The maximum Gasteiger partial charge on any atom is 0.326 e. The summed E-state index contributed by atoms with van der Waals surface area (Å²) in [5.74, 6) is -0.446. The first-order valence-electron chi connectivity index (χ1n) is 14.0.